The van der Waals surface area contributed by atoms with Gasteiger partial charge in [-0.25, -0.2) is 8.42 Å². The molecule has 1 aromatic rings. The lowest BCUT2D eigenvalue weighted by Crippen LogP contribution is -2.32. The molecule has 0 unspecified atom stereocenters. The van der Waals surface area contributed by atoms with Gasteiger partial charge in [0.1, 0.15) is 0 Å². The molecule has 0 heterocycles. The van der Waals surface area contributed by atoms with Crippen LogP contribution < -0.4 is 5.32 Å². The molecule has 21 heavy (non-hydrogen) atoms. The predicted molar refractivity (Wildman–Crippen MR) is 80.0 cm³/mol. The van der Waals surface area contributed by atoms with Gasteiger partial charge in [-0.2, -0.15) is 9.57 Å². The van der Waals surface area contributed by atoms with Gasteiger partial charge in [-0.1, -0.05) is 6.92 Å². The van der Waals surface area contributed by atoms with Crippen LogP contribution in [0.5, 0.6) is 0 Å². The van der Waals surface area contributed by atoms with Gasteiger partial charge in [0.2, 0.25) is 15.9 Å². The molecular weight excluding hydrogens is 290 g/mol. The first kappa shape index (κ1) is 17.1. The van der Waals surface area contributed by atoms with E-state index in [4.69, 9.17) is 5.26 Å². The van der Waals surface area contributed by atoms with Gasteiger partial charge in [-0.3, -0.25) is 4.79 Å². The molecule has 0 aliphatic rings. The smallest absolute Gasteiger partial charge is 0.243 e. The molecule has 1 aromatic carbocycles. The Hall–Kier alpha value is -1.91. The molecule has 0 atom stereocenters. The zero-order valence-electron chi connectivity index (χ0n) is 12.2. The van der Waals surface area contributed by atoms with E-state index in [0.717, 1.165) is 0 Å². The normalized spacial score (nSPS) is 11.1. The number of nitriles is 1. The van der Waals surface area contributed by atoms with Crippen LogP contribution in [0.1, 0.15) is 26.7 Å². The minimum absolute atomic E-state index is 0.156. The van der Waals surface area contributed by atoms with Crippen molar-refractivity contribution in [2.45, 2.75) is 31.6 Å². The SMILES string of the molecule is CCCN(CCC#N)S(=O)(=O)c1ccc(NC(C)=O)cc1. The second-order valence-corrected chi connectivity index (χ2v) is 6.46. The summed E-state index contributed by atoms with van der Waals surface area (Å²) in [5.41, 5.74) is 0.542. The van der Waals surface area contributed by atoms with Crippen molar-refractivity contribution in [1.29, 1.82) is 5.26 Å². The molecule has 0 radical (unpaired) electrons. The second kappa shape index (κ2) is 7.76. The fourth-order valence-electron chi connectivity index (χ4n) is 1.84. The van der Waals surface area contributed by atoms with E-state index >= 15 is 0 Å². The summed E-state index contributed by atoms with van der Waals surface area (Å²) in [6.07, 6.45) is 0.831. The van der Waals surface area contributed by atoms with Crippen molar-refractivity contribution in [3.8, 4) is 6.07 Å². The predicted octanol–water partition coefficient (Wildman–Crippen LogP) is 1.96. The molecule has 6 nitrogen and oxygen atoms in total. The van der Waals surface area contributed by atoms with Crippen molar-refractivity contribution < 1.29 is 13.2 Å². The van der Waals surface area contributed by atoms with Crippen LogP contribution in [0.3, 0.4) is 0 Å². The zero-order valence-corrected chi connectivity index (χ0v) is 13.0. The monoisotopic (exact) mass is 309 g/mol. The van der Waals surface area contributed by atoms with Gasteiger partial charge in [-0.15, -0.1) is 0 Å². The van der Waals surface area contributed by atoms with Crippen molar-refractivity contribution in [2.75, 3.05) is 18.4 Å². The van der Waals surface area contributed by atoms with Crippen LogP contribution >= 0.6 is 0 Å². The Morgan fingerprint density at radius 2 is 1.90 bits per heavy atom. The largest absolute Gasteiger partial charge is 0.326 e. The highest BCUT2D eigenvalue weighted by Crippen LogP contribution is 2.19. The van der Waals surface area contributed by atoms with Crippen LogP contribution in [-0.4, -0.2) is 31.7 Å². The molecule has 0 fully saturated rings. The molecule has 0 saturated heterocycles. The number of amides is 1. The van der Waals surface area contributed by atoms with Gasteiger partial charge in [0.15, 0.2) is 0 Å². The average Bonchev–Trinajstić information content (AvgIpc) is 2.43. The van der Waals surface area contributed by atoms with Crippen LogP contribution in [0, 0.1) is 11.3 Å². The van der Waals surface area contributed by atoms with Gasteiger partial charge >= 0.3 is 0 Å². The van der Waals surface area contributed by atoms with E-state index in [1.165, 1.54) is 23.4 Å². The second-order valence-electron chi connectivity index (χ2n) is 4.52. The van der Waals surface area contributed by atoms with E-state index in [1.54, 1.807) is 12.1 Å². The van der Waals surface area contributed by atoms with Crippen LogP contribution in [0.25, 0.3) is 0 Å². The van der Waals surface area contributed by atoms with Crippen molar-refractivity contribution >= 4 is 21.6 Å². The summed E-state index contributed by atoms with van der Waals surface area (Å²) in [5, 5.41) is 11.2. The number of hydrogen-bond donors (Lipinski definition) is 1. The number of nitrogens with one attached hydrogen (secondary N) is 1. The van der Waals surface area contributed by atoms with E-state index in [-0.39, 0.29) is 23.8 Å². The molecule has 1 N–H and O–H groups in total. The van der Waals surface area contributed by atoms with Crippen LogP contribution in [0.15, 0.2) is 29.2 Å². The minimum Gasteiger partial charge on any atom is -0.326 e. The molecule has 0 spiro atoms. The molecule has 0 aliphatic heterocycles. The summed E-state index contributed by atoms with van der Waals surface area (Å²) in [7, 11) is -3.61. The van der Waals surface area contributed by atoms with E-state index in [2.05, 4.69) is 5.32 Å². The molecule has 0 bridgehead atoms. The highest BCUT2D eigenvalue weighted by atomic mass is 32.2. The maximum absolute atomic E-state index is 12.5. The van der Waals surface area contributed by atoms with E-state index in [1.807, 2.05) is 13.0 Å². The highest BCUT2D eigenvalue weighted by Gasteiger charge is 2.23. The summed E-state index contributed by atoms with van der Waals surface area (Å²) in [6, 6.07) is 7.95. The summed E-state index contributed by atoms with van der Waals surface area (Å²) < 4.78 is 26.3. The number of carbonyl (C=O) groups excluding carboxylic acids is 1. The third kappa shape index (κ3) is 4.85. The van der Waals surface area contributed by atoms with E-state index in [9.17, 15) is 13.2 Å². The third-order valence-electron chi connectivity index (χ3n) is 2.76. The Balaban J connectivity index is 2.99. The van der Waals surface area contributed by atoms with Crippen molar-refractivity contribution in [1.82, 2.24) is 4.31 Å². The van der Waals surface area contributed by atoms with E-state index in [0.29, 0.717) is 18.7 Å². The van der Waals surface area contributed by atoms with Crippen LogP contribution in [-0.2, 0) is 14.8 Å². The lowest BCUT2D eigenvalue weighted by molar-refractivity contribution is -0.114. The summed E-state index contributed by atoms with van der Waals surface area (Å²) in [4.78, 5) is 11.1. The topological polar surface area (TPSA) is 90.3 Å². The Morgan fingerprint density at radius 1 is 1.29 bits per heavy atom. The lowest BCUT2D eigenvalue weighted by atomic mass is 10.3. The third-order valence-corrected chi connectivity index (χ3v) is 4.67. The first-order chi connectivity index (χ1) is 9.91. The molecular formula is C14H19N3O3S. The highest BCUT2D eigenvalue weighted by molar-refractivity contribution is 7.89. The number of benzene rings is 1. The van der Waals surface area contributed by atoms with E-state index < -0.39 is 10.0 Å². The molecule has 0 aromatic heterocycles. The Bertz CT molecular complexity index is 618. The van der Waals surface area contributed by atoms with Crippen LogP contribution in [0.4, 0.5) is 5.69 Å². The summed E-state index contributed by atoms with van der Waals surface area (Å²) >= 11 is 0. The number of anilines is 1. The maximum Gasteiger partial charge on any atom is 0.243 e. The van der Waals surface area contributed by atoms with Gasteiger partial charge in [0, 0.05) is 32.1 Å². The first-order valence-electron chi connectivity index (χ1n) is 6.66. The lowest BCUT2D eigenvalue weighted by Gasteiger charge is -2.20. The van der Waals surface area contributed by atoms with Gasteiger partial charge in [0.25, 0.3) is 0 Å². The van der Waals surface area contributed by atoms with Gasteiger partial charge < -0.3 is 5.32 Å². The van der Waals surface area contributed by atoms with Crippen molar-refractivity contribution in [2.24, 2.45) is 0 Å². The van der Waals surface area contributed by atoms with Crippen molar-refractivity contribution in [3.63, 3.8) is 0 Å². The standard InChI is InChI=1S/C14H19N3O3S/c1-3-10-17(11-4-9-15)21(19,20)14-7-5-13(6-8-14)16-12(2)18/h5-8H,3-4,10-11H2,1-2H3,(H,16,18). The fraction of sp³-hybridized carbons (Fsp3) is 0.429. The quantitative estimate of drug-likeness (QED) is 0.833. The Morgan fingerprint density at radius 3 is 2.38 bits per heavy atom. The molecule has 0 aliphatic carbocycles. The first-order valence-corrected chi connectivity index (χ1v) is 8.10. The molecule has 7 heteroatoms. The maximum atomic E-state index is 12.5. The molecule has 1 rings (SSSR count). The van der Waals surface area contributed by atoms with Crippen molar-refractivity contribution in [3.05, 3.63) is 24.3 Å². The number of rotatable bonds is 7. The zero-order chi connectivity index (χ0) is 15.9. The number of hydrogen-bond acceptors (Lipinski definition) is 4. The molecule has 1 amide bonds. The van der Waals surface area contributed by atoms with Crippen LogP contribution in [0.2, 0.25) is 0 Å². The summed E-state index contributed by atoms with van der Waals surface area (Å²) in [6.45, 7) is 3.82. The Kier molecular flexibility index (Phi) is 6.34. The summed E-state index contributed by atoms with van der Waals surface area (Å²) in [5.74, 6) is -0.216. The molecule has 114 valence electrons. The number of carbonyl (C=O) groups is 1. The fourth-order valence-corrected chi connectivity index (χ4v) is 3.37. The minimum atomic E-state index is -3.61. The average molecular weight is 309 g/mol. The molecule has 0 saturated carbocycles. The van der Waals surface area contributed by atoms with Gasteiger partial charge in [-0.05, 0) is 30.7 Å². The Labute approximate surface area is 125 Å². The van der Waals surface area contributed by atoms with Gasteiger partial charge in [0.05, 0.1) is 11.0 Å². The number of nitrogens with zero attached hydrogens (tertiary/aromatic N) is 2. The number of sulfonamides is 1.